The van der Waals surface area contributed by atoms with Crippen molar-refractivity contribution < 1.29 is 18.3 Å². The Balaban J connectivity index is 1.54. The number of hydrogen-bond acceptors (Lipinski definition) is 3. The number of halogens is 2. The van der Waals surface area contributed by atoms with Crippen molar-refractivity contribution in [3.8, 4) is 11.6 Å². The minimum absolute atomic E-state index is 0.117. The summed E-state index contributed by atoms with van der Waals surface area (Å²) >= 11 is 0. The fraction of sp³-hybridized carbons (Fsp3) is 0.100. The van der Waals surface area contributed by atoms with Gasteiger partial charge in [-0.2, -0.15) is 0 Å². The second kappa shape index (κ2) is 8.27. The average molecular weight is 369 g/mol. The van der Waals surface area contributed by atoms with E-state index in [1.807, 2.05) is 31.2 Å². The molecule has 2 amide bonds. The Morgan fingerprint density at radius 3 is 2.67 bits per heavy atom. The number of ether oxygens (including phenoxy) is 1. The van der Waals surface area contributed by atoms with Crippen molar-refractivity contribution in [2.75, 3.05) is 5.32 Å². The lowest BCUT2D eigenvalue weighted by Crippen LogP contribution is -2.28. The predicted molar refractivity (Wildman–Crippen MR) is 97.7 cm³/mol. The molecule has 1 heterocycles. The molecule has 0 unspecified atom stereocenters. The SMILES string of the molecule is Cc1cccc(CNC(=O)Nc2ccc(Oc3ccc(F)cc3F)nc2)c1. The molecule has 1 aromatic heterocycles. The maximum Gasteiger partial charge on any atom is 0.319 e. The van der Waals surface area contributed by atoms with E-state index < -0.39 is 11.6 Å². The van der Waals surface area contributed by atoms with Gasteiger partial charge >= 0.3 is 6.03 Å². The van der Waals surface area contributed by atoms with Gasteiger partial charge in [0.25, 0.3) is 0 Å². The number of carbonyl (C=O) groups is 1. The lowest BCUT2D eigenvalue weighted by atomic mass is 10.1. The lowest BCUT2D eigenvalue weighted by Gasteiger charge is -2.09. The van der Waals surface area contributed by atoms with Crippen LogP contribution in [0.3, 0.4) is 0 Å². The van der Waals surface area contributed by atoms with E-state index in [4.69, 9.17) is 4.74 Å². The number of anilines is 1. The third-order valence-corrected chi connectivity index (χ3v) is 3.64. The van der Waals surface area contributed by atoms with Crippen LogP contribution in [-0.4, -0.2) is 11.0 Å². The first-order valence-corrected chi connectivity index (χ1v) is 8.19. The highest BCUT2D eigenvalue weighted by Crippen LogP contribution is 2.24. The van der Waals surface area contributed by atoms with Crippen molar-refractivity contribution in [1.29, 1.82) is 0 Å². The Kier molecular flexibility index (Phi) is 5.61. The molecule has 0 aliphatic rings. The van der Waals surface area contributed by atoms with Gasteiger partial charge in [-0.25, -0.2) is 18.6 Å². The Morgan fingerprint density at radius 2 is 1.96 bits per heavy atom. The van der Waals surface area contributed by atoms with Gasteiger partial charge in [0.15, 0.2) is 11.6 Å². The van der Waals surface area contributed by atoms with Gasteiger partial charge in [0, 0.05) is 18.7 Å². The maximum atomic E-state index is 13.6. The Hall–Kier alpha value is -3.48. The lowest BCUT2D eigenvalue weighted by molar-refractivity contribution is 0.251. The fourth-order valence-electron chi connectivity index (χ4n) is 2.36. The molecule has 5 nitrogen and oxygen atoms in total. The molecule has 0 aliphatic carbocycles. The van der Waals surface area contributed by atoms with E-state index in [9.17, 15) is 13.6 Å². The van der Waals surface area contributed by atoms with Gasteiger partial charge in [-0.15, -0.1) is 0 Å². The van der Waals surface area contributed by atoms with Gasteiger partial charge in [0.05, 0.1) is 11.9 Å². The van der Waals surface area contributed by atoms with E-state index in [-0.39, 0.29) is 17.7 Å². The summed E-state index contributed by atoms with van der Waals surface area (Å²) < 4.78 is 31.7. The van der Waals surface area contributed by atoms with Crippen molar-refractivity contribution >= 4 is 11.7 Å². The number of aromatic nitrogens is 1. The van der Waals surface area contributed by atoms with E-state index in [0.29, 0.717) is 12.2 Å². The monoisotopic (exact) mass is 369 g/mol. The van der Waals surface area contributed by atoms with Crippen LogP contribution in [0.5, 0.6) is 11.6 Å². The Bertz CT molecular complexity index is 946. The molecule has 0 aliphatic heterocycles. The van der Waals surface area contributed by atoms with Crippen LogP contribution in [0.2, 0.25) is 0 Å². The van der Waals surface area contributed by atoms with E-state index in [0.717, 1.165) is 23.3 Å². The number of nitrogens with zero attached hydrogens (tertiary/aromatic N) is 1. The molecule has 0 fully saturated rings. The number of carbonyl (C=O) groups excluding carboxylic acids is 1. The van der Waals surface area contributed by atoms with Gasteiger partial charge in [-0.05, 0) is 30.7 Å². The molecule has 0 atom stereocenters. The van der Waals surface area contributed by atoms with Crippen molar-refractivity contribution in [1.82, 2.24) is 10.3 Å². The summed E-state index contributed by atoms with van der Waals surface area (Å²) in [4.78, 5) is 16.0. The highest BCUT2D eigenvalue weighted by molar-refractivity contribution is 5.88. The number of nitrogens with one attached hydrogen (secondary N) is 2. The molecule has 0 saturated carbocycles. The third kappa shape index (κ3) is 5.24. The Morgan fingerprint density at radius 1 is 1.11 bits per heavy atom. The van der Waals surface area contributed by atoms with Gasteiger partial charge < -0.3 is 15.4 Å². The van der Waals surface area contributed by atoms with Crippen molar-refractivity contribution in [2.45, 2.75) is 13.5 Å². The van der Waals surface area contributed by atoms with Crippen LogP contribution in [-0.2, 0) is 6.54 Å². The summed E-state index contributed by atoms with van der Waals surface area (Å²) in [5.74, 6) is -1.54. The minimum atomic E-state index is -0.825. The summed E-state index contributed by atoms with van der Waals surface area (Å²) in [7, 11) is 0. The maximum absolute atomic E-state index is 13.6. The summed E-state index contributed by atoms with van der Waals surface area (Å²) in [5, 5.41) is 5.39. The molecule has 0 spiro atoms. The molecule has 0 radical (unpaired) electrons. The number of hydrogen-bond donors (Lipinski definition) is 2. The van der Waals surface area contributed by atoms with Gasteiger partial charge in [0.2, 0.25) is 5.88 Å². The van der Waals surface area contributed by atoms with Crippen LogP contribution in [0.4, 0.5) is 19.3 Å². The predicted octanol–water partition coefficient (Wildman–Crippen LogP) is 4.78. The molecule has 0 bridgehead atoms. The quantitative estimate of drug-likeness (QED) is 0.680. The van der Waals surface area contributed by atoms with Crippen LogP contribution in [0.15, 0.2) is 60.8 Å². The van der Waals surface area contributed by atoms with E-state index in [2.05, 4.69) is 15.6 Å². The number of aryl methyl sites for hydroxylation is 1. The number of rotatable bonds is 5. The third-order valence-electron chi connectivity index (χ3n) is 3.64. The number of urea groups is 1. The average Bonchev–Trinajstić information content (AvgIpc) is 2.64. The molecule has 3 rings (SSSR count). The fourth-order valence-corrected chi connectivity index (χ4v) is 2.36. The second-order valence-corrected chi connectivity index (χ2v) is 5.86. The van der Waals surface area contributed by atoms with E-state index in [1.165, 1.54) is 18.3 Å². The first-order chi connectivity index (χ1) is 13.0. The first kappa shape index (κ1) is 18.3. The second-order valence-electron chi connectivity index (χ2n) is 5.86. The highest BCUT2D eigenvalue weighted by Gasteiger charge is 2.08. The summed E-state index contributed by atoms with van der Waals surface area (Å²) in [5.41, 5.74) is 2.56. The molecule has 138 valence electrons. The first-order valence-electron chi connectivity index (χ1n) is 8.19. The smallest absolute Gasteiger partial charge is 0.319 e. The van der Waals surface area contributed by atoms with Crippen molar-refractivity contribution in [2.24, 2.45) is 0 Å². The van der Waals surface area contributed by atoms with E-state index in [1.54, 1.807) is 6.07 Å². The van der Waals surface area contributed by atoms with Crippen molar-refractivity contribution in [3.63, 3.8) is 0 Å². The minimum Gasteiger partial charge on any atom is -0.436 e. The van der Waals surface area contributed by atoms with Gasteiger partial charge in [0.1, 0.15) is 5.82 Å². The molecule has 3 aromatic rings. The largest absolute Gasteiger partial charge is 0.436 e. The van der Waals surface area contributed by atoms with Gasteiger partial charge in [-0.3, -0.25) is 0 Å². The zero-order chi connectivity index (χ0) is 19.2. The standard InChI is InChI=1S/C20H17F2N3O2/c1-13-3-2-4-14(9-13)11-24-20(26)25-16-6-8-19(23-12-16)27-18-7-5-15(21)10-17(18)22/h2-10,12H,11H2,1H3,(H2,24,25,26). The van der Waals surface area contributed by atoms with Gasteiger partial charge in [-0.1, -0.05) is 29.8 Å². The summed E-state index contributed by atoms with van der Waals surface area (Å²) in [6, 6.07) is 13.5. The van der Waals surface area contributed by atoms with Crippen LogP contribution < -0.4 is 15.4 Å². The number of pyridine rings is 1. The normalized spacial score (nSPS) is 10.3. The summed E-state index contributed by atoms with van der Waals surface area (Å²) in [6.45, 7) is 2.38. The highest BCUT2D eigenvalue weighted by atomic mass is 19.1. The van der Waals surface area contributed by atoms with Crippen LogP contribution in [0.25, 0.3) is 0 Å². The number of amides is 2. The van der Waals surface area contributed by atoms with Crippen LogP contribution in [0.1, 0.15) is 11.1 Å². The molecular weight excluding hydrogens is 352 g/mol. The Labute approximate surface area is 155 Å². The number of benzene rings is 2. The van der Waals surface area contributed by atoms with Crippen molar-refractivity contribution in [3.05, 3.63) is 83.6 Å². The zero-order valence-corrected chi connectivity index (χ0v) is 14.5. The zero-order valence-electron chi connectivity index (χ0n) is 14.5. The molecule has 2 aromatic carbocycles. The topological polar surface area (TPSA) is 63.2 Å². The molecular formula is C20H17F2N3O2. The van der Waals surface area contributed by atoms with Crippen LogP contribution >= 0.6 is 0 Å². The molecule has 2 N–H and O–H groups in total. The molecule has 7 heteroatoms. The van der Waals surface area contributed by atoms with Crippen LogP contribution in [0, 0.1) is 18.6 Å². The molecule has 0 saturated heterocycles. The molecule has 27 heavy (non-hydrogen) atoms. The summed E-state index contributed by atoms with van der Waals surface area (Å²) in [6.07, 6.45) is 1.38. The van der Waals surface area contributed by atoms with E-state index >= 15 is 0 Å².